The lowest BCUT2D eigenvalue weighted by atomic mass is 9.58. The van der Waals surface area contributed by atoms with E-state index in [-0.39, 0.29) is 0 Å². The first-order valence-electron chi connectivity index (χ1n) is 19.8. The summed E-state index contributed by atoms with van der Waals surface area (Å²) in [7, 11) is 0. The van der Waals surface area contributed by atoms with Gasteiger partial charge in [-0.1, -0.05) is 184 Å². The van der Waals surface area contributed by atoms with Crippen LogP contribution in [0.25, 0.3) is 0 Å². The third kappa shape index (κ3) is 12.3. The van der Waals surface area contributed by atoms with Gasteiger partial charge in [0.25, 0.3) is 0 Å². The zero-order chi connectivity index (χ0) is 33.2. The maximum absolute atomic E-state index is 4.47. The topological polar surface area (TPSA) is 0 Å². The molecule has 0 radical (unpaired) electrons. The van der Waals surface area contributed by atoms with E-state index in [1.54, 1.807) is 0 Å². The number of rotatable bonds is 19. The molecule has 2 saturated carbocycles. The summed E-state index contributed by atoms with van der Waals surface area (Å²) in [6.07, 6.45) is 22.5. The summed E-state index contributed by atoms with van der Waals surface area (Å²) in [6, 6.07) is 0. The van der Waals surface area contributed by atoms with E-state index in [0.29, 0.717) is 34.5 Å². The Morgan fingerprint density at radius 2 is 0.773 bits per heavy atom. The molecular formula is C44H82. The molecule has 2 aliphatic rings. The maximum Gasteiger partial charge on any atom is -0.0198 e. The molecule has 10 atom stereocenters. The van der Waals surface area contributed by atoms with Crippen LogP contribution in [-0.4, -0.2) is 0 Å². The fourth-order valence-electron chi connectivity index (χ4n) is 10.3. The van der Waals surface area contributed by atoms with Gasteiger partial charge in [0, 0.05) is 0 Å². The van der Waals surface area contributed by atoms with Gasteiger partial charge < -0.3 is 0 Å². The van der Waals surface area contributed by atoms with Crippen LogP contribution in [0.5, 0.6) is 0 Å². The van der Waals surface area contributed by atoms with Gasteiger partial charge in [-0.25, -0.2) is 0 Å². The van der Waals surface area contributed by atoms with Gasteiger partial charge in [-0.2, -0.15) is 0 Å². The van der Waals surface area contributed by atoms with Gasteiger partial charge in [-0.05, 0) is 95.7 Å². The van der Waals surface area contributed by atoms with Crippen LogP contribution in [0.15, 0.2) is 24.3 Å². The van der Waals surface area contributed by atoms with Gasteiger partial charge in [0.05, 0.1) is 0 Å². The highest BCUT2D eigenvalue weighted by Crippen LogP contribution is 2.52. The summed E-state index contributed by atoms with van der Waals surface area (Å²) in [5.74, 6) is 7.91. The van der Waals surface area contributed by atoms with Crippen molar-refractivity contribution in [3.05, 3.63) is 24.3 Å². The van der Waals surface area contributed by atoms with Crippen LogP contribution in [0, 0.1) is 70.0 Å². The second-order valence-corrected chi connectivity index (χ2v) is 18.8. The summed E-state index contributed by atoms with van der Waals surface area (Å²) < 4.78 is 0. The van der Waals surface area contributed by atoms with Crippen molar-refractivity contribution in [3.63, 3.8) is 0 Å². The Bertz CT molecular complexity index is 772. The van der Waals surface area contributed by atoms with Crippen molar-refractivity contribution >= 4 is 0 Å². The molecule has 0 aromatic rings. The average Bonchev–Trinajstić information content (AvgIpc) is 2.92. The number of unbranched alkanes of at least 4 members (excludes halogenated alkanes) is 1. The fraction of sp³-hybridized carbons (Fsp3) is 0.909. The van der Waals surface area contributed by atoms with Gasteiger partial charge in [-0.15, -0.1) is 0 Å². The molecule has 0 saturated heterocycles. The lowest BCUT2D eigenvalue weighted by molar-refractivity contribution is 0.0806. The second kappa shape index (κ2) is 18.1. The SMILES string of the molecule is C=C1C(C)CC(C)(C)C(CCC(C)CCCC(C)CCCCC(C)CCCC(C)CCC2C(C)C(=C)C(C)CC2(C)C)C1C. The van der Waals surface area contributed by atoms with Crippen LogP contribution < -0.4 is 0 Å². The minimum Gasteiger partial charge on any atom is -0.0993 e. The first-order valence-corrected chi connectivity index (χ1v) is 19.8. The molecule has 0 heteroatoms. The average molecular weight is 611 g/mol. The van der Waals surface area contributed by atoms with Gasteiger partial charge >= 0.3 is 0 Å². The second-order valence-electron chi connectivity index (χ2n) is 18.8. The van der Waals surface area contributed by atoms with Gasteiger partial charge in [0.15, 0.2) is 0 Å². The number of allylic oxidation sites excluding steroid dienone is 2. The molecule has 2 fully saturated rings. The monoisotopic (exact) mass is 611 g/mol. The highest BCUT2D eigenvalue weighted by atomic mass is 14.5. The van der Waals surface area contributed by atoms with Crippen molar-refractivity contribution in [3.8, 4) is 0 Å². The van der Waals surface area contributed by atoms with E-state index in [1.165, 1.54) is 114 Å². The van der Waals surface area contributed by atoms with E-state index in [4.69, 9.17) is 0 Å². The molecule has 2 rings (SSSR count). The Labute approximate surface area is 279 Å². The van der Waals surface area contributed by atoms with E-state index in [2.05, 4.69) is 96.2 Å². The molecule has 0 aliphatic heterocycles. The molecule has 258 valence electrons. The molecule has 0 aromatic heterocycles. The molecule has 0 amide bonds. The van der Waals surface area contributed by atoms with Crippen LogP contribution in [0.4, 0.5) is 0 Å². The van der Waals surface area contributed by atoms with Crippen LogP contribution in [0.3, 0.4) is 0 Å². The van der Waals surface area contributed by atoms with Crippen molar-refractivity contribution in [1.29, 1.82) is 0 Å². The molecule has 0 bridgehead atoms. The number of hydrogen-bond donors (Lipinski definition) is 0. The molecule has 0 N–H and O–H groups in total. The third-order valence-corrected chi connectivity index (χ3v) is 13.7. The third-order valence-electron chi connectivity index (χ3n) is 13.7. The quantitative estimate of drug-likeness (QED) is 0.101. The standard InChI is InChI=1S/C44H82/c1-31(21-17-23-33(3)25-27-41-39(9)37(7)35(5)29-43(41,11)12)19-15-16-20-32(2)22-18-24-34(4)26-28-42-40(10)38(8)36(6)30-44(42,13)14/h31-36,39-42H,7-8,15-30H2,1-6,9-14H3. The predicted octanol–water partition coefficient (Wildman–Crippen LogP) is 14.7. The molecule has 0 nitrogen and oxygen atoms in total. The Balaban J connectivity index is 1.51. The Morgan fingerprint density at radius 1 is 0.500 bits per heavy atom. The van der Waals surface area contributed by atoms with Gasteiger partial charge in [0.2, 0.25) is 0 Å². The Kier molecular flexibility index (Phi) is 16.3. The van der Waals surface area contributed by atoms with Gasteiger partial charge in [0.1, 0.15) is 0 Å². The lowest BCUT2D eigenvalue weighted by Crippen LogP contribution is -2.38. The molecule has 0 spiro atoms. The highest BCUT2D eigenvalue weighted by Gasteiger charge is 2.42. The summed E-state index contributed by atoms with van der Waals surface area (Å²) in [6.45, 7) is 38.8. The minimum absolute atomic E-state index is 0.463. The van der Waals surface area contributed by atoms with Crippen molar-refractivity contribution in [2.24, 2.45) is 70.0 Å². The lowest BCUT2D eigenvalue weighted by Gasteiger charge is -2.47. The van der Waals surface area contributed by atoms with Crippen LogP contribution in [-0.2, 0) is 0 Å². The normalized spacial score (nSPS) is 31.5. The van der Waals surface area contributed by atoms with Crippen molar-refractivity contribution in [1.82, 2.24) is 0 Å². The van der Waals surface area contributed by atoms with Crippen molar-refractivity contribution < 1.29 is 0 Å². The van der Waals surface area contributed by atoms with Crippen molar-refractivity contribution in [2.75, 3.05) is 0 Å². The molecular weight excluding hydrogens is 528 g/mol. The Morgan fingerprint density at radius 3 is 1.09 bits per heavy atom. The van der Waals surface area contributed by atoms with E-state index < -0.39 is 0 Å². The molecule has 0 aromatic carbocycles. The maximum atomic E-state index is 4.47. The highest BCUT2D eigenvalue weighted by molar-refractivity contribution is 5.13. The summed E-state index contributed by atoms with van der Waals surface area (Å²) in [5.41, 5.74) is 3.96. The largest absolute Gasteiger partial charge is 0.0993 e. The summed E-state index contributed by atoms with van der Waals surface area (Å²) in [4.78, 5) is 0. The van der Waals surface area contributed by atoms with Crippen molar-refractivity contribution in [2.45, 2.75) is 186 Å². The predicted molar refractivity (Wildman–Crippen MR) is 200 cm³/mol. The van der Waals surface area contributed by atoms with Crippen LogP contribution >= 0.6 is 0 Å². The van der Waals surface area contributed by atoms with Crippen LogP contribution in [0.2, 0.25) is 0 Å². The van der Waals surface area contributed by atoms with E-state index in [9.17, 15) is 0 Å². The summed E-state index contributed by atoms with van der Waals surface area (Å²) >= 11 is 0. The van der Waals surface area contributed by atoms with E-state index in [1.807, 2.05) is 0 Å². The molecule has 2 aliphatic carbocycles. The minimum atomic E-state index is 0.463. The molecule has 44 heavy (non-hydrogen) atoms. The fourth-order valence-corrected chi connectivity index (χ4v) is 10.3. The Hall–Kier alpha value is -0.520. The molecule has 10 unspecified atom stereocenters. The smallest absolute Gasteiger partial charge is 0.0198 e. The van der Waals surface area contributed by atoms with Crippen LogP contribution in [0.1, 0.15) is 186 Å². The van der Waals surface area contributed by atoms with E-state index in [0.717, 1.165) is 35.5 Å². The first-order chi connectivity index (χ1) is 20.5. The molecule has 0 heterocycles. The zero-order valence-electron chi connectivity index (χ0n) is 32.5. The van der Waals surface area contributed by atoms with Gasteiger partial charge in [-0.3, -0.25) is 0 Å². The number of hydrogen-bond acceptors (Lipinski definition) is 0. The zero-order valence-corrected chi connectivity index (χ0v) is 32.5. The van der Waals surface area contributed by atoms with E-state index >= 15 is 0 Å². The summed E-state index contributed by atoms with van der Waals surface area (Å²) in [5, 5.41) is 0. The first kappa shape index (κ1) is 39.7.